The van der Waals surface area contributed by atoms with Gasteiger partial charge in [0.2, 0.25) is 11.7 Å². The molecule has 0 saturated carbocycles. The highest BCUT2D eigenvalue weighted by Gasteiger charge is 2.18. The van der Waals surface area contributed by atoms with E-state index in [0.717, 1.165) is 16.3 Å². The molecule has 3 aromatic carbocycles. The molecular formula is C24H21N3O3. The first kappa shape index (κ1) is 19.4. The molecule has 6 heteroatoms. The molecule has 0 saturated heterocycles. The van der Waals surface area contributed by atoms with Gasteiger partial charge in [0.1, 0.15) is 12.3 Å². The maximum atomic E-state index is 12.8. The monoisotopic (exact) mass is 399 g/mol. The largest absolute Gasteiger partial charge is 0.483 e. The Morgan fingerprint density at radius 1 is 1.03 bits per heavy atom. The second-order valence-electron chi connectivity index (χ2n) is 6.71. The third-order valence-electron chi connectivity index (χ3n) is 4.63. The van der Waals surface area contributed by atoms with Crippen molar-refractivity contribution in [2.75, 3.05) is 13.2 Å². The summed E-state index contributed by atoms with van der Waals surface area (Å²) in [4.78, 5) is 18.8. The summed E-state index contributed by atoms with van der Waals surface area (Å²) in [6.45, 7) is 4.17. The molecule has 0 aliphatic heterocycles. The van der Waals surface area contributed by atoms with Gasteiger partial charge in [-0.3, -0.25) is 4.79 Å². The van der Waals surface area contributed by atoms with Crippen molar-refractivity contribution in [3.63, 3.8) is 0 Å². The maximum absolute atomic E-state index is 12.8. The highest BCUT2D eigenvalue weighted by molar-refractivity contribution is 5.88. The van der Waals surface area contributed by atoms with Gasteiger partial charge in [0.15, 0.2) is 6.61 Å². The van der Waals surface area contributed by atoms with E-state index < -0.39 is 0 Å². The smallest absolute Gasteiger partial charge is 0.261 e. The molecular weight excluding hydrogens is 378 g/mol. The van der Waals surface area contributed by atoms with Crippen LogP contribution in [0.3, 0.4) is 0 Å². The summed E-state index contributed by atoms with van der Waals surface area (Å²) < 4.78 is 11.2. The van der Waals surface area contributed by atoms with Crippen LogP contribution in [0.1, 0.15) is 5.89 Å². The second kappa shape index (κ2) is 9.05. The number of rotatable bonds is 8. The highest BCUT2D eigenvalue weighted by Crippen LogP contribution is 2.25. The fraction of sp³-hybridized carbons (Fsp3) is 0.125. The van der Waals surface area contributed by atoms with Crippen molar-refractivity contribution < 1.29 is 14.1 Å². The Bertz CT molecular complexity index is 1150. The van der Waals surface area contributed by atoms with Crippen LogP contribution in [0.2, 0.25) is 0 Å². The van der Waals surface area contributed by atoms with E-state index in [0.29, 0.717) is 24.0 Å². The van der Waals surface area contributed by atoms with Crippen LogP contribution in [0.15, 0.2) is 90.0 Å². The zero-order chi connectivity index (χ0) is 20.8. The number of benzene rings is 3. The Hall–Kier alpha value is -3.93. The predicted octanol–water partition coefficient (Wildman–Crippen LogP) is 4.48. The molecule has 0 fully saturated rings. The summed E-state index contributed by atoms with van der Waals surface area (Å²) in [5.41, 5.74) is 0.855. The van der Waals surface area contributed by atoms with Gasteiger partial charge in [0.05, 0.1) is 0 Å². The van der Waals surface area contributed by atoms with Crippen molar-refractivity contribution in [1.82, 2.24) is 15.0 Å². The normalized spacial score (nSPS) is 10.7. The van der Waals surface area contributed by atoms with Gasteiger partial charge in [-0.05, 0) is 11.5 Å². The number of hydrogen-bond donors (Lipinski definition) is 0. The van der Waals surface area contributed by atoms with Crippen LogP contribution >= 0.6 is 0 Å². The summed E-state index contributed by atoms with van der Waals surface area (Å²) in [6.07, 6.45) is 1.66. The molecule has 150 valence electrons. The van der Waals surface area contributed by atoms with Gasteiger partial charge in [-0.25, -0.2) is 0 Å². The number of carbonyl (C=O) groups is 1. The minimum absolute atomic E-state index is 0.0957. The molecule has 0 aliphatic carbocycles. The number of nitrogens with zero attached hydrogens (tertiary/aromatic N) is 3. The number of ether oxygens (including phenoxy) is 1. The molecule has 0 aliphatic rings. The average molecular weight is 399 g/mol. The van der Waals surface area contributed by atoms with Gasteiger partial charge in [-0.1, -0.05) is 78.0 Å². The lowest BCUT2D eigenvalue weighted by atomic mass is 10.1. The number of hydrogen-bond acceptors (Lipinski definition) is 5. The summed E-state index contributed by atoms with van der Waals surface area (Å²) in [6, 6.07) is 23.2. The van der Waals surface area contributed by atoms with Gasteiger partial charge >= 0.3 is 0 Å². The Balaban J connectivity index is 1.44. The molecule has 6 nitrogen and oxygen atoms in total. The van der Waals surface area contributed by atoms with E-state index >= 15 is 0 Å². The molecule has 0 spiro atoms. The first-order valence-corrected chi connectivity index (χ1v) is 9.62. The SMILES string of the molecule is C=CCN(Cc1nc(-c2ccccc2)no1)C(=O)COc1cccc2ccccc12. The van der Waals surface area contributed by atoms with Crippen LogP contribution in [-0.2, 0) is 11.3 Å². The lowest BCUT2D eigenvalue weighted by Crippen LogP contribution is -2.34. The molecule has 4 aromatic rings. The van der Waals surface area contributed by atoms with Crippen LogP contribution in [0.25, 0.3) is 22.2 Å². The van der Waals surface area contributed by atoms with E-state index in [4.69, 9.17) is 9.26 Å². The fourth-order valence-electron chi connectivity index (χ4n) is 3.15. The van der Waals surface area contributed by atoms with Crippen LogP contribution < -0.4 is 4.74 Å². The Labute approximate surface area is 174 Å². The summed E-state index contributed by atoms with van der Waals surface area (Å²) >= 11 is 0. The lowest BCUT2D eigenvalue weighted by Gasteiger charge is -2.19. The third kappa shape index (κ3) is 4.38. The van der Waals surface area contributed by atoms with Gasteiger partial charge in [-0.2, -0.15) is 4.98 Å². The molecule has 30 heavy (non-hydrogen) atoms. The van der Waals surface area contributed by atoms with Gasteiger partial charge < -0.3 is 14.2 Å². The molecule has 1 aromatic heterocycles. The Morgan fingerprint density at radius 2 is 1.80 bits per heavy atom. The van der Waals surface area contributed by atoms with E-state index in [2.05, 4.69) is 16.7 Å². The Morgan fingerprint density at radius 3 is 2.63 bits per heavy atom. The average Bonchev–Trinajstić information content (AvgIpc) is 3.26. The number of aromatic nitrogens is 2. The molecule has 0 bridgehead atoms. The summed E-state index contributed by atoms with van der Waals surface area (Å²) in [7, 11) is 0. The second-order valence-corrected chi connectivity index (χ2v) is 6.71. The van der Waals surface area contributed by atoms with Crippen LogP contribution in [-0.4, -0.2) is 34.1 Å². The predicted molar refractivity (Wildman–Crippen MR) is 115 cm³/mol. The lowest BCUT2D eigenvalue weighted by molar-refractivity contribution is -0.133. The maximum Gasteiger partial charge on any atom is 0.261 e. The number of fused-ring (bicyclic) bond motifs is 1. The zero-order valence-electron chi connectivity index (χ0n) is 16.4. The van der Waals surface area contributed by atoms with Crippen molar-refractivity contribution in [1.29, 1.82) is 0 Å². The highest BCUT2D eigenvalue weighted by atomic mass is 16.5. The summed E-state index contributed by atoms with van der Waals surface area (Å²) in [5.74, 6) is 1.32. The molecule has 0 unspecified atom stereocenters. The molecule has 4 rings (SSSR count). The van der Waals surface area contributed by atoms with Crippen LogP contribution in [0.5, 0.6) is 5.75 Å². The van der Waals surface area contributed by atoms with Crippen molar-refractivity contribution in [3.05, 3.63) is 91.3 Å². The van der Waals surface area contributed by atoms with E-state index in [9.17, 15) is 4.79 Å². The number of carbonyl (C=O) groups excluding carboxylic acids is 1. The fourth-order valence-corrected chi connectivity index (χ4v) is 3.15. The zero-order valence-corrected chi connectivity index (χ0v) is 16.4. The van der Waals surface area contributed by atoms with Crippen LogP contribution in [0, 0.1) is 0 Å². The molecule has 1 heterocycles. The van der Waals surface area contributed by atoms with Crippen molar-refractivity contribution in [3.8, 4) is 17.1 Å². The Kier molecular flexibility index (Phi) is 5.85. The van der Waals surface area contributed by atoms with Crippen molar-refractivity contribution in [2.45, 2.75) is 6.54 Å². The summed E-state index contributed by atoms with van der Waals surface area (Å²) in [5, 5.41) is 6.03. The van der Waals surface area contributed by atoms with Crippen molar-refractivity contribution >= 4 is 16.7 Å². The van der Waals surface area contributed by atoms with E-state index in [-0.39, 0.29) is 19.1 Å². The third-order valence-corrected chi connectivity index (χ3v) is 4.63. The quantitative estimate of drug-likeness (QED) is 0.409. The van der Waals surface area contributed by atoms with Gasteiger partial charge in [0.25, 0.3) is 5.91 Å². The minimum atomic E-state index is -0.192. The van der Waals surface area contributed by atoms with E-state index in [1.807, 2.05) is 72.8 Å². The topological polar surface area (TPSA) is 68.5 Å². The number of amides is 1. The first-order valence-electron chi connectivity index (χ1n) is 9.62. The molecule has 0 N–H and O–H groups in total. The molecule has 0 radical (unpaired) electrons. The van der Waals surface area contributed by atoms with Gasteiger partial charge in [0, 0.05) is 17.5 Å². The van der Waals surface area contributed by atoms with E-state index in [1.165, 1.54) is 0 Å². The standard InChI is InChI=1S/C24H21N3O3/c1-2-15-27(16-22-25-24(26-30-22)19-10-4-3-5-11-19)23(28)17-29-21-14-8-12-18-9-6-7-13-20(18)21/h2-14H,1,15-17H2. The first-order chi connectivity index (χ1) is 14.7. The minimum Gasteiger partial charge on any atom is -0.483 e. The van der Waals surface area contributed by atoms with Crippen LogP contribution in [0.4, 0.5) is 0 Å². The molecule has 1 amide bonds. The van der Waals surface area contributed by atoms with E-state index in [1.54, 1.807) is 11.0 Å². The van der Waals surface area contributed by atoms with Gasteiger partial charge in [-0.15, -0.1) is 6.58 Å². The van der Waals surface area contributed by atoms with Crippen molar-refractivity contribution in [2.24, 2.45) is 0 Å². The molecule has 0 atom stereocenters.